The van der Waals surface area contributed by atoms with Crippen molar-refractivity contribution in [2.24, 2.45) is 5.41 Å². The predicted octanol–water partition coefficient (Wildman–Crippen LogP) is 6.51. The van der Waals surface area contributed by atoms with Gasteiger partial charge in [-0.15, -0.1) is 0 Å². The highest BCUT2D eigenvalue weighted by molar-refractivity contribution is 5.06. The average Bonchev–Trinajstić information content (AvgIpc) is 2.24. The Morgan fingerprint density at radius 3 is 1.82 bits per heavy atom. The first-order valence-electron chi connectivity index (χ1n) is 7.70. The van der Waals surface area contributed by atoms with Gasteiger partial charge in [0.15, 0.2) is 0 Å². The molecule has 0 radical (unpaired) electrons. The van der Waals surface area contributed by atoms with Crippen molar-refractivity contribution in [1.29, 1.82) is 0 Å². The Balaban J connectivity index is 3.61. The van der Waals surface area contributed by atoms with Crippen LogP contribution in [0.2, 0.25) is 0 Å². The topological polar surface area (TPSA) is 0 Å². The molecular weight excluding hydrogens is 204 g/mol. The maximum atomic E-state index is 2.48. The second kappa shape index (κ2) is 9.74. The van der Waals surface area contributed by atoms with Gasteiger partial charge in [0, 0.05) is 0 Å². The fourth-order valence-corrected chi connectivity index (χ4v) is 2.27. The SMILES string of the molecule is CCCCCCCCCC(=CC(C)(C)C)CC. The van der Waals surface area contributed by atoms with Crippen molar-refractivity contribution in [3.63, 3.8) is 0 Å². The summed E-state index contributed by atoms with van der Waals surface area (Å²) in [5.74, 6) is 0. The molecule has 0 atom stereocenters. The maximum Gasteiger partial charge on any atom is -0.0200 e. The van der Waals surface area contributed by atoms with Gasteiger partial charge >= 0.3 is 0 Å². The summed E-state index contributed by atoms with van der Waals surface area (Å²) in [5, 5.41) is 0. The molecule has 0 heterocycles. The van der Waals surface area contributed by atoms with E-state index >= 15 is 0 Å². The Morgan fingerprint density at radius 1 is 0.824 bits per heavy atom. The van der Waals surface area contributed by atoms with Crippen LogP contribution < -0.4 is 0 Å². The second-order valence-corrected chi connectivity index (χ2v) is 6.39. The van der Waals surface area contributed by atoms with Gasteiger partial charge in [-0.2, -0.15) is 0 Å². The van der Waals surface area contributed by atoms with E-state index in [0.29, 0.717) is 5.41 Å². The van der Waals surface area contributed by atoms with Crippen molar-refractivity contribution in [2.75, 3.05) is 0 Å². The normalized spacial score (nSPS) is 13.1. The third-order valence-electron chi connectivity index (χ3n) is 3.19. The van der Waals surface area contributed by atoms with Crippen LogP contribution in [0.1, 0.15) is 92.4 Å². The second-order valence-electron chi connectivity index (χ2n) is 6.39. The Kier molecular flexibility index (Phi) is 9.59. The van der Waals surface area contributed by atoms with Crippen LogP contribution in [0, 0.1) is 5.41 Å². The lowest BCUT2D eigenvalue weighted by Crippen LogP contribution is -2.01. The highest BCUT2D eigenvalue weighted by atomic mass is 14.1. The smallest absolute Gasteiger partial charge is 0.0200 e. The molecule has 0 bridgehead atoms. The molecule has 0 fully saturated rings. The monoisotopic (exact) mass is 238 g/mol. The van der Waals surface area contributed by atoms with Crippen molar-refractivity contribution < 1.29 is 0 Å². The summed E-state index contributed by atoms with van der Waals surface area (Å²) in [4.78, 5) is 0. The van der Waals surface area contributed by atoms with E-state index in [1.54, 1.807) is 5.57 Å². The number of hydrogen-bond donors (Lipinski definition) is 0. The zero-order chi connectivity index (χ0) is 13.1. The van der Waals surface area contributed by atoms with E-state index in [9.17, 15) is 0 Å². The van der Waals surface area contributed by atoms with Gasteiger partial charge in [-0.1, -0.05) is 84.8 Å². The van der Waals surface area contributed by atoms with E-state index in [0.717, 1.165) is 0 Å². The number of hydrogen-bond acceptors (Lipinski definition) is 0. The summed E-state index contributed by atoms with van der Waals surface area (Å²) in [6, 6.07) is 0. The van der Waals surface area contributed by atoms with Crippen LogP contribution in [0.15, 0.2) is 11.6 Å². The molecule has 0 rings (SSSR count). The Hall–Kier alpha value is -0.260. The van der Waals surface area contributed by atoms with E-state index in [1.807, 2.05) is 0 Å². The lowest BCUT2D eigenvalue weighted by atomic mass is 9.90. The van der Waals surface area contributed by atoms with Gasteiger partial charge in [-0.25, -0.2) is 0 Å². The Bertz CT molecular complexity index is 193. The van der Waals surface area contributed by atoms with Crippen LogP contribution in [0.5, 0.6) is 0 Å². The van der Waals surface area contributed by atoms with E-state index in [4.69, 9.17) is 0 Å². The molecule has 0 aromatic carbocycles. The van der Waals surface area contributed by atoms with Crippen LogP contribution in [0.4, 0.5) is 0 Å². The first-order chi connectivity index (χ1) is 7.99. The molecule has 0 spiro atoms. The number of allylic oxidation sites excluding steroid dienone is 2. The van der Waals surface area contributed by atoms with Crippen LogP contribution in [-0.4, -0.2) is 0 Å². The molecule has 0 aliphatic rings. The molecule has 0 aromatic heterocycles. The van der Waals surface area contributed by atoms with Gasteiger partial charge in [0.1, 0.15) is 0 Å². The molecule has 0 heteroatoms. The first kappa shape index (κ1) is 16.7. The summed E-state index contributed by atoms with van der Waals surface area (Å²) in [6.07, 6.45) is 14.9. The van der Waals surface area contributed by atoms with Crippen molar-refractivity contribution in [1.82, 2.24) is 0 Å². The van der Waals surface area contributed by atoms with Gasteiger partial charge in [-0.3, -0.25) is 0 Å². The minimum Gasteiger partial charge on any atom is -0.0799 e. The summed E-state index contributed by atoms with van der Waals surface area (Å²) in [7, 11) is 0. The van der Waals surface area contributed by atoms with Gasteiger partial charge < -0.3 is 0 Å². The van der Waals surface area contributed by atoms with Gasteiger partial charge in [0.2, 0.25) is 0 Å². The van der Waals surface area contributed by atoms with E-state index in [2.05, 4.69) is 40.7 Å². The molecule has 102 valence electrons. The highest BCUT2D eigenvalue weighted by Gasteiger charge is 2.07. The lowest BCUT2D eigenvalue weighted by molar-refractivity contribution is 0.530. The molecule has 0 nitrogen and oxygen atoms in total. The lowest BCUT2D eigenvalue weighted by Gasteiger charge is -2.15. The van der Waals surface area contributed by atoms with Gasteiger partial charge in [0.25, 0.3) is 0 Å². The van der Waals surface area contributed by atoms with E-state index < -0.39 is 0 Å². The van der Waals surface area contributed by atoms with Crippen molar-refractivity contribution in [2.45, 2.75) is 92.4 Å². The van der Waals surface area contributed by atoms with Gasteiger partial charge in [-0.05, 0) is 24.7 Å². The van der Waals surface area contributed by atoms with E-state index in [1.165, 1.54) is 57.8 Å². The largest absolute Gasteiger partial charge is 0.0799 e. The Labute approximate surface area is 110 Å². The fourth-order valence-electron chi connectivity index (χ4n) is 2.27. The van der Waals surface area contributed by atoms with E-state index in [-0.39, 0.29) is 0 Å². The molecule has 0 aliphatic heterocycles. The molecule has 0 saturated carbocycles. The average molecular weight is 238 g/mol. The molecule has 17 heavy (non-hydrogen) atoms. The third kappa shape index (κ3) is 12.0. The summed E-state index contributed by atoms with van der Waals surface area (Å²) < 4.78 is 0. The summed E-state index contributed by atoms with van der Waals surface area (Å²) in [6.45, 7) is 11.5. The molecule has 0 unspecified atom stereocenters. The molecule has 0 aliphatic carbocycles. The van der Waals surface area contributed by atoms with Crippen LogP contribution in [0.3, 0.4) is 0 Å². The van der Waals surface area contributed by atoms with Crippen LogP contribution in [-0.2, 0) is 0 Å². The fraction of sp³-hybridized carbons (Fsp3) is 0.882. The molecule has 0 amide bonds. The van der Waals surface area contributed by atoms with Crippen molar-refractivity contribution in [3.8, 4) is 0 Å². The number of rotatable bonds is 9. The third-order valence-corrected chi connectivity index (χ3v) is 3.19. The minimum absolute atomic E-state index is 0.354. The standard InChI is InChI=1S/C17H34/c1-6-8-9-10-11-12-13-14-16(7-2)15-17(3,4)5/h15H,6-14H2,1-5H3. The van der Waals surface area contributed by atoms with Crippen LogP contribution >= 0.6 is 0 Å². The highest BCUT2D eigenvalue weighted by Crippen LogP contribution is 2.22. The number of unbranched alkanes of at least 4 members (excludes halogenated alkanes) is 6. The van der Waals surface area contributed by atoms with Crippen molar-refractivity contribution >= 4 is 0 Å². The van der Waals surface area contributed by atoms with Crippen LogP contribution in [0.25, 0.3) is 0 Å². The molecule has 0 saturated heterocycles. The minimum atomic E-state index is 0.354. The zero-order valence-electron chi connectivity index (χ0n) is 12.9. The van der Waals surface area contributed by atoms with Gasteiger partial charge in [0.05, 0.1) is 0 Å². The van der Waals surface area contributed by atoms with Crippen molar-refractivity contribution in [3.05, 3.63) is 11.6 Å². The molecule has 0 N–H and O–H groups in total. The summed E-state index contributed by atoms with van der Waals surface area (Å²) in [5.41, 5.74) is 2.01. The Morgan fingerprint density at radius 2 is 1.35 bits per heavy atom. The predicted molar refractivity (Wildman–Crippen MR) is 80.4 cm³/mol. The maximum absolute atomic E-state index is 2.48. The molecular formula is C17H34. The first-order valence-corrected chi connectivity index (χ1v) is 7.70. The summed E-state index contributed by atoms with van der Waals surface area (Å²) >= 11 is 0. The molecule has 0 aromatic rings. The zero-order valence-corrected chi connectivity index (χ0v) is 12.9. The quantitative estimate of drug-likeness (QED) is 0.317.